The van der Waals surface area contributed by atoms with Crippen molar-refractivity contribution in [1.82, 2.24) is 4.74 Å². The molecule has 1 aromatic heterocycles. The maximum atomic E-state index is 12.2. The fraction of sp³-hybridized carbons (Fsp3) is 0.286. The minimum atomic E-state index is -0.622. The summed E-state index contributed by atoms with van der Waals surface area (Å²) in [7, 11) is 1.59. The van der Waals surface area contributed by atoms with E-state index in [-0.39, 0.29) is 5.56 Å². The molecule has 1 amide bonds. The molecule has 1 N–H and O–H groups in total. The van der Waals surface area contributed by atoms with Crippen molar-refractivity contribution in [2.45, 2.75) is 20.8 Å². The van der Waals surface area contributed by atoms with Crippen LogP contribution in [0.25, 0.3) is 0 Å². The van der Waals surface area contributed by atoms with Crippen LogP contribution in [0.1, 0.15) is 27.2 Å². The molecule has 2 rings (SSSR count). The lowest BCUT2D eigenvalue weighted by atomic mass is 10.1. The number of hydrogen-bond donors (Lipinski definition) is 1. The number of carbonyl (C=O) groups is 1. The SMILES string of the molecule is Cc1cccc(C)c1NC(=O)c1c(C)n(C)oc1=O. The molecule has 0 aliphatic heterocycles. The third-order valence-corrected chi connectivity index (χ3v) is 3.20. The van der Waals surface area contributed by atoms with E-state index >= 15 is 0 Å². The first-order valence-corrected chi connectivity index (χ1v) is 5.96. The monoisotopic (exact) mass is 260 g/mol. The first-order valence-electron chi connectivity index (χ1n) is 5.96. The number of aryl methyl sites for hydroxylation is 3. The van der Waals surface area contributed by atoms with Gasteiger partial charge in [-0.2, -0.15) is 0 Å². The first kappa shape index (κ1) is 13.1. The van der Waals surface area contributed by atoms with Crippen LogP contribution in [0.15, 0.2) is 27.5 Å². The number of aromatic nitrogens is 1. The molecule has 1 heterocycles. The Morgan fingerprint density at radius 3 is 2.26 bits per heavy atom. The van der Waals surface area contributed by atoms with Gasteiger partial charge in [-0.3, -0.25) is 4.79 Å². The number of nitrogens with zero attached hydrogens (tertiary/aromatic N) is 1. The summed E-state index contributed by atoms with van der Waals surface area (Å²) in [5, 5.41) is 2.78. The van der Waals surface area contributed by atoms with Crippen LogP contribution in [0.3, 0.4) is 0 Å². The van der Waals surface area contributed by atoms with Crippen molar-refractivity contribution in [2.24, 2.45) is 7.05 Å². The van der Waals surface area contributed by atoms with Gasteiger partial charge in [0.15, 0.2) is 0 Å². The zero-order valence-electron chi connectivity index (χ0n) is 11.4. The van der Waals surface area contributed by atoms with Crippen molar-refractivity contribution in [3.05, 3.63) is 51.0 Å². The molecule has 0 bridgehead atoms. The van der Waals surface area contributed by atoms with Crippen molar-refractivity contribution in [3.63, 3.8) is 0 Å². The molecule has 0 atom stereocenters. The Bertz CT molecular complexity index is 675. The van der Waals surface area contributed by atoms with Crippen molar-refractivity contribution in [3.8, 4) is 0 Å². The molecular formula is C14H16N2O3. The fourth-order valence-electron chi connectivity index (χ4n) is 1.99. The summed E-state index contributed by atoms with van der Waals surface area (Å²) >= 11 is 0. The lowest BCUT2D eigenvalue weighted by Crippen LogP contribution is -2.20. The second-order valence-electron chi connectivity index (χ2n) is 4.56. The highest BCUT2D eigenvalue weighted by Crippen LogP contribution is 2.20. The van der Waals surface area contributed by atoms with E-state index in [1.165, 1.54) is 4.74 Å². The Balaban J connectivity index is 2.39. The van der Waals surface area contributed by atoms with Gasteiger partial charge in [-0.25, -0.2) is 9.53 Å². The second kappa shape index (κ2) is 4.76. The number of hydrogen-bond acceptors (Lipinski definition) is 3. The largest absolute Gasteiger partial charge is 0.370 e. The summed E-state index contributed by atoms with van der Waals surface area (Å²) in [6.45, 7) is 5.48. The Morgan fingerprint density at radius 2 is 1.79 bits per heavy atom. The smallest absolute Gasteiger partial charge is 0.336 e. The molecule has 5 nitrogen and oxygen atoms in total. The van der Waals surface area contributed by atoms with Crippen LogP contribution in [0.2, 0.25) is 0 Å². The van der Waals surface area contributed by atoms with Gasteiger partial charge in [-0.15, -0.1) is 0 Å². The number of anilines is 1. The van der Waals surface area contributed by atoms with Crippen molar-refractivity contribution in [2.75, 3.05) is 5.32 Å². The lowest BCUT2D eigenvalue weighted by molar-refractivity contribution is 0.102. The van der Waals surface area contributed by atoms with Crippen LogP contribution in [-0.4, -0.2) is 10.6 Å². The standard InChI is InChI=1S/C14H16N2O3/c1-8-6-5-7-9(2)12(8)15-13(17)11-10(3)16(4)19-14(11)18/h5-7H,1-4H3,(H,15,17). The number of carbonyl (C=O) groups excluding carboxylic acids is 1. The molecule has 1 aromatic carbocycles. The summed E-state index contributed by atoms with van der Waals surface area (Å²) in [6, 6.07) is 5.73. The van der Waals surface area contributed by atoms with Crippen molar-refractivity contribution in [1.29, 1.82) is 0 Å². The lowest BCUT2D eigenvalue weighted by Gasteiger charge is -2.10. The molecule has 0 saturated heterocycles. The molecule has 0 spiro atoms. The van der Waals surface area contributed by atoms with E-state index in [0.29, 0.717) is 5.69 Å². The Kier molecular flexibility index (Phi) is 3.29. The van der Waals surface area contributed by atoms with Crippen LogP contribution in [0.5, 0.6) is 0 Å². The minimum Gasteiger partial charge on any atom is -0.336 e. The minimum absolute atomic E-state index is 0.0464. The molecule has 19 heavy (non-hydrogen) atoms. The molecule has 0 aliphatic carbocycles. The predicted molar refractivity (Wildman–Crippen MR) is 72.6 cm³/mol. The Labute approximate surface area is 110 Å². The number of nitrogens with one attached hydrogen (secondary N) is 1. The average molecular weight is 260 g/mol. The molecule has 0 saturated carbocycles. The predicted octanol–water partition coefficient (Wildman–Crippen LogP) is 2.16. The molecule has 2 aromatic rings. The number of amides is 1. The first-order chi connectivity index (χ1) is 8.91. The van der Waals surface area contributed by atoms with Gasteiger partial charge in [0.2, 0.25) is 0 Å². The van der Waals surface area contributed by atoms with Gasteiger partial charge < -0.3 is 9.84 Å². The summed E-state index contributed by atoms with van der Waals surface area (Å²) in [5.74, 6) is -0.441. The molecular weight excluding hydrogens is 244 g/mol. The zero-order valence-corrected chi connectivity index (χ0v) is 11.4. The molecule has 100 valence electrons. The van der Waals surface area contributed by atoms with Crippen LogP contribution >= 0.6 is 0 Å². The van der Waals surface area contributed by atoms with Crippen LogP contribution in [0, 0.1) is 20.8 Å². The van der Waals surface area contributed by atoms with E-state index < -0.39 is 11.5 Å². The molecule has 5 heteroatoms. The summed E-state index contributed by atoms with van der Waals surface area (Å²) in [4.78, 5) is 23.8. The van der Waals surface area contributed by atoms with Gasteiger partial charge in [-0.1, -0.05) is 18.2 Å². The van der Waals surface area contributed by atoms with Gasteiger partial charge in [0.05, 0.1) is 5.69 Å². The van der Waals surface area contributed by atoms with Gasteiger partial charge in [0.1, 0.15) is 5.56 Å². The van der Waals surface area contributed by atoms with Gasteiger partial charge in [-0.05, 0) is 31.9 Å². The van der Waals surface area contributed by atoms with E-state index in [9.17, 15) is 9.59 Å². The normalized spacial score (nSPS) is 10.5. The Hall–Kier alpha value is -2.30. The van der Waals surface area contributed by atoms with Crippen LogP contribution < -0.4 is 10.9 Å². The maximum absolute atomic E-state index is 12.2. The summed E-state index contributed by atoms with van der Waals surface area (Å²) in [6.07, 6.45) is 0. The highest BCUT2D eigenvalue weighted by Gasteiger charge is 2.20. The molecule has 0 aliphatic rings. The summed E-state index contributed by atoms with van der Waals surface area (Å²) in [5.41, 5.74) is 2.57. The maximum Gasteiger partial charge on any atom is 0.370 e. The second-order valence-corrected chi connectivity index (χ2v) is 4.56. The van der Waals surface area contributed by atoms with Crippen molar-refractivity contribution < 1.29 is 9.32 Å². The molecule has 0 fully saturated rings. The van der Waals surface area contributed by atoms with Gasteiger partial charge >= 0.3 is 5.63 Å². The van der Waals surface area contributed by atoms with E-state index in [1.54, 1.807) is 14.0 Å². The average Bonchev–Trinajstić information content (AvgIpc) is 2.58. The van der Waals surface area contributed by atoms with E-state index in [4.69, 9.17) is 4.52 Å². The van der Waals surface area contributed by atoms with E-state index in [1.807, 2.05) is 32.0 Å². The highest BCUT2D eigenvalue weighted by atomic mass is 16.5. The van der Waals surface area contributed by atoms with Gasteiger partial charge in [0, 0.05) is 12.7 Å². The number of rotatable bonds is 2. The number of para-hydroxylation sites is 1. The highest BCUT2D eigenvalue weighted by molar-refractivity contribution is 6.05. The number of benzene rings is 1. The third-order valence-electron chi connectivity index (χ3n) is 3.20. The summed E-state index contributed by atoms with van der Waals surface area (Å²) < 4.78 is 6.16. The fourth-order valence-corrected chi connectivity index (χ4v) is 1.99. The quantitative estimate of drug-likeness (QED) is 0.899. The third kappa shape index (κ3) is 2.31. The van der Waals surface area contributed by atoms with Crippen molar-refractivity contribution >= 4 is 11.6 Å². The van der Waals surface area contributed by atoms with Crippen LogP contribution in [0.4, 0.5) is 5.69 Å². The molecule has 0 unspecified atom stereocenters. The van der Waals surface area contributed by atoms with Gasteiger partial charge in [0.25, 0.3) is 5.91 Å². The Morgan fingerprint density at radius 1 is 1.21 bits per heavy atom. The van der Waals surface area contributed by atoms with Crippen LogP contribution in [-0.2, 0) is 7.05 Å². The van der Waals surface area contributed by atoms with E-state index in [2.05, 4.69) is 5.32 Å². The van der Waals surface area contributed by atoms with E-state index in [0.717, 1.165) is 16.8 Å². The topological polar surface area (TPSA) is 64.2 Å². The zero-order chi connectivity index (χ0) is 14.2. The molecule has 0 radical (unpaired) electrons.